The zero-order valence-electron chi connectivity index (χ0n) is 19.1. The topological polar surface area (TPSA) is 67.9 Å². The van der Waals surface area contributed by atoms with Crippen LogP contribution in [0, 0.1) is 0 Å². The molecule has 2 amide bonds. The molecule has 1 saturated carbocycles. The van der Waals surface area contributed by atoms with Gasteiger partial charge in [0, 0.05) is 19.0 Å². The van der Waals surface area contributed by atoms with E-state index in [9.17, 15) is 9.59 Å². The van der Waals surface area contributed by atoms with Crippen molar-refractivity contribution in [3.05, 3.63) is 60.2 Å². The summed E-state index contributed by atoms with van der Waals surface area (Å²) in [5, 5.41) is 3.13. The van der Waals surface area contributed by atoms with Crippen molar-refractivity contribution in [2.24, 2.45) is 0 Å². The minimum absolute atomic E-state index is 0.0405. The molecule has 0 bridgehead atoms. The first-order chi connectivity index (χ1) is 15.6. The first-order valence-corrected chi connectivity index (χ1v) is 11.5. The van der Waals surface area contributed by atoms with Crippen LogP contribution in [-0.2, 0) is 16.1 Å². The van der Waals surface area contributed by atoms with Crippen molar-refractivity contribution >= 4 is 11.8 Å². The average molecular weight is 439 g/mol. The van der Waals surface area contributed by atoms with Crippen LogP contribution in [0.3, 0.4) is 0 Å². The van der Waals surface area contributed by atoms with Crippen LogP contribution in [0.2, 0.25) is 0 Å². The van der Waals surface area contributed by atoms with Gasteiger partial charge in [-0.2, -0.15) is 0 Å². The molecule has 0 unspecified atom stereocenters. The van der Waals surface area contributed by atoms with Gasteiger partial charge < -0.3 is 19.7 Å². The Kier molecular flexibility index (Phi) is 8.96. The maximum absolute atomic E-state index is 13.1. The first kappa shape index (κ1) is 23.6. The van der Waals surface area contributed by atoms with Gasteiger partial charge in [0.05, 0.1) is 13.7 Å². The summed E-state index contributed by atoms with van der Waals surface area (Å²) in [5.41, 5.74) is 1.01. The number of benzene rings is 2. The Morgan fingerprint density at radius 1 is 1.03 bits per heavy atom. The SMILES string of the molecule is COc1ccc(OCCCC(=O)N(Cc2ccccc2)[C@@H](C)C(=O)NC2CCCC2)cc1. The lowest BCUT2D eigenvalue weighted by Gasteiger charge is -2.30. The summed E-state index contributed by atoms with van der Waals surface area (Å²) in [6.45, 7) is 2.66. The quantitative estimate of drug-likeness (QED) is 0.530. The molecule has 6 nitrogen and oxygen atoms in total. The second-order valence-corrected chi connectivity index (χ2v) is 8.30. The second kappa shape index (κ2) is 12.1. The fraction of sp³-hybridized carbons (Fsp3) is 0.462. The summed E-state index contributed by atoms with van der Waals surface area (Å²) < 4.78 is 10.9. The van der Waals surface area contributed by atoms with Crippen LogP contribution in [-0.4, -0.2) is 42.5 Å². The van der Waals surface area contributed by atoms with E-state index in [1.54, 1.807) is 12.0 Å². The first-order valence-electron chi connectivity index (χ1n) is 11.5. The average Bonchev–Trinajstić information content (AvgIpc) is 3.33. The van der Waals surface area contributed by atoms with Crippen LogP contribution in [0.25, 0.3) is 0 Å². The molecule has 172 valence electrons. The predicted molar refractivity (Wildman–Crippen MR) is 125 cm³/mol. The molecule has 1 fully saturated rings. The molecule has 2 aromatic rings. The summed E-state index contributed by atoms with van der Waals surface area (Å²) in [6.07, 6.45) is 5.25. The van der Waals surface area contributed by atoms with E-state index >= 15 is 0 Å². The Bertz CT molecular complexity index is 848. The summed E-state index contributed by atoms with van der Waals surface area (Å²) in [6, 6.07) is 16.9. The fourth-order valence-corrected chi connectivity index (χ4v) is 3.98. The zero-order chi connectivity index (χ0) is 22.8. The van der Waals surface area contributed by atoms with E-state index in [0.29, 0.717) is 26.0 Å². The number of carbonyl (C=O) groups is 2. The van der Waals surface area contributed by atoms with Gasteiger partial charge >= 0.3 is 0 Å². The zero-order valence-corrected chi connectivity index (χ0v) is 19.1. The predicted octanol–water partition coefficient (Wildman–Crippen LogP) is 4.33. The number of ether oxygens (including phenoxy) is 2. The largest absolute Gasteiger partial charge is 0.497 e. The highest BCUT2D eigenvalue weighted by molar-refractivity contribution is 5.87. The number of nitrogens with one attached hydrogen (secondary N) is 1. The third-order valence-electron chi connectivity index (χ3n) is 5.93. The highest BCUT2D eigenvalue weighted by Gasteiger charge is 2.28. The third-order valence-corrected chi connectivity index (χ3v) is 5.93. The molecule has 1 N–H and O–H groups in total. The number of methoxy groups -OCH3 is 1. The molecule has 0 aliphatic heterocycles. The molecule has 0 aromatic heterocycles. The summed E-state index contributed by atoms with van der Waals surface area (Å²) in [5.74, 6) is 1.40. The molecule has 0 spiro atoms. The monoisotopic (exact) mass is 438 g/mol. The van der Waals surface area contributed by atoms with Gasteiger partial charge in [0.25, 0.3) is 0 Å². The smallest absolute Gasteiger partial charge is 0.242 e. The number of amides is 2. The van der Waals surface area contributed by atoms with Crippen molar-refractivity contribution in [1.82, 2.24) is 10.2 Å². The van der Waals surface area contributed by atoms with E-state index < -0.39 is 6.04 Å². The number of rotatable bonds is 11. The number of hydrogen-bond donors (Lipinski definition) is 1. The molecule has 1 aliphatic rings. The Hall–Kier alpha value is -3.02. The van der Waals surface area contributed by atoms with Crippen molar-refractivity contribution in [2.75, 3.05) is 13.7 Å². The standard InChI is InChI=1S/C26H34N2O4/c1-20(26(30)27-22-11-6-7-12-22)28(19-21-9-4-3-5-10-21)25(29)13-8-18-32-24-16-14-23(31-2)15-17-24/h3-5,9-10,14-17,20,22H,6-8,11-13,18-19H2,1-2H3,(H,27,30)/t20-/m0/s1. The Morgan fingerprint density at radius 3 is 2.34 bits per heavy atom. The van der Waals surface area contributed by atoms with Crippen LogP contribution >= 0.6 is 0 Å². The summed E-state index contributed by atoms with van der Waals surface area (Å²) >= 11 is 0. The molecule has 2 aromatic carbocycles. The molecule has 0 radical (unpaired) electrons. The van der Waals surface area contributed by atoms with Crippen LogP contribution in [0.5, 0.6) is 11.5 Å². The van der Waals surface area contributed by atoms with Crippen molar-refractivity contribution in [2.45, 2.75) is 64.1 Å². The molecule has 1 atom stereocenters. The lowest BCUT2D eigenvalue weighted by molar-refractivity contribution is -0.141. The van der Waals surface area contributed by atoms with E-state index in [1.807, 2.05) is 61.5 Å². The lowest BCUT2D eigenvalue weighted by Crippen LogP contribution is -2.49. The van der Waals surface area contributed by atoms with Gasteiger partial charge in [-0.05, 0) is 56.0 Å². The summed E-state index contributed by atoms with van der Waals surface area (Å²) in [4.78, 5) is 27.6. The number of nitrogens with zero attached hydrogens (tertiary/aromatic N) is 1. The molecule has 3 rings (SSSR count). The van der Waals surface area contributed by atoms with Gasteiger partial charge in [-0.25, -0.2) is 0 Å². The van der Waals surface area contributed by atoms with Crippen molar-refractivity contribution < 1.29 is 19.1 Å². The Labute approximate surface area is 190 Å². The molecule has 6 heteroatoms. The third kappa shape index (κ3) is 7.01. The molecule has 0 saturated heterocycles. The number of carbonyl (C=O) groups excluding carboxylic acids is 2. The number of hydrogen-bond acceptors (Lipinski definition) is 4. The minimum atomic E-state index is -0.522. The highest BCUT2D eigenvalue weighted by atomic mass is 16.5. The van der Waals surface area contributed by atoms with Crippen molar-refractivity contribution in [3.8, 4) is 11.5 Å². The van der Waals surface area contributed by atoms with Crippen LogP contribution in [0.4, 0.5) is 0 Å². The second-order valence-electron chi connectivity index (χ2n) is 8.30. The van der Waals surface area contributed by atoms with Gasteiger partial charge in [-0.15, -0.1) is 0 Å². The maximum Gasteiger partial charge on any atom is 0.242 e. The normalized spacial score (nSPS) is 14.6. The Morgan fingerprint density at radius 2 is 1.69 bits per heavy atom. The minimum Gasteiger partial charge on any atom is -0.497 e. The van der Waals surface area contributed by atoms with E-state index in [-0.39, 0.29) is 17.9 Å². The maximum atomic E-state index is 13.1. The fourth-order valence-electron chi connectivity index (χ4n) is 3.98. The molecule has 1 aliphatic carbocycles. The van der Waals surface area contributed by atoms with Crippen LogP contribution < -0.4 is 14.8 Å². The van der Waals surface area contributed by atoms with Crippen molar-refractivity contribution in [1.29, 1.82) is 0 Å². The van der Waals surface area contributed by atoms with Gasteiger partial charge in [0.2, 0.25) is 11.8 Å². The van der Waals surface area contributed by atoms with Gasteiger partial charge in [-0.3, -0.25) is 9.59 Å². The van der Waals surface area contributed by atoms with E-state index in [2.05, 4.69) is 5.32 Å². The molecule has 0 heterocycles. The Balaban J connectivity index is 1.55. The van der Waals surface area contributed by atoms with Gasteiger partial charge in [0.15, 0.2) is 0 Å². The van der Waals surface area contributed by atoms with Crippen LogP contribution in [0.15, 0.2) is 54.6 Å². The van der Waals surface area contributed by atoms with E-state index in [0.717, 1.165) is 42.7 Å². The van der Waals surface area contributed by atoms with Gasteiger partial charge in [0.1, 0.15) is 17.5 Å². The lowest BCUT2D eigenvalue weighted by atomic mass is 10.1. The van der Waals surface area contributed by atoms with E-state index in [1.165, 1.54) is 0 Å². The molecule has 32 heavy (non-hydrogen) atoms. The highest BCUT2D eigenvalue weighted by Crippen LogP contribution is 2.19. The molecular formula is C26H34N2O4. The summed E-state index contributed by atoms with van der Waals surface area (Å²) in [7, 11) is 1.62. The van der Waals surface area contributed by atoms with E-state index in [4.69, 9.17) is 9.47 Å². The molecular weight excluding hydrogens is 404 g/mol. The van der Waals surface area contributed by atoms with Crippen LogP contribution in [0.1, 0.15) is 51.0 Å². The van der Waals surface area contributed by atoms with Gasteiger partial charge in [-0.1, -0.05) is 43.2 Å². The van der Waals surface area contributed by atoms with Crippen molar-refractivity contribution in [3.63, 3.8) is 0 Å².